The van der Waals surface area contributed by atoms with Crippen LogP contribution in [-0.4, -0.2) is 46.3 Å². The Balaban J connectivity index is 1.63. The lowest BCUT2D eigenvalue weighted by Crippen LogP contribution is -2.54. The Morgan fingerprint density at radius 2 is 1.87 bits per heavy atom. The average Bonchev–Trinajstić information content (AvgIpc) is 2.97. The van der Waals surface area contributed by atoms with Crippen LogP contribution in [0.4, 0.5) is 0 Å². The van der Waals surface area contributed by atoms with Crippen molar-refractivity contribution < 1.29 is 9.90 Å². The Bertz CT molecular complexity index is 587. The van der Waals surface area contributed by atoms with Gasteiger partial charge in [0.05, 0.1) is 12.0 Å². The molecule has 1 aromatic rings. The Labute approximate surface area is 137 Å². The maximum atomic E-state index is 12.9. The number of hydrogen-bond donors (Lipinski definition) is 2. The summed E-state index contributed by atoms with van der Waals surface area (Å²) in [6, 6.07) is 10.5. The summed E-state index contributed by atoms with van der Waals surface area (Å²) in [5, 5.41) is 13.0. The van der Waals surface area contributed by atoms with Crippen molar-refractivity contribution in [2.24, 2.45) is 5.92 Å². The predicted octanol–water partition coefficient (Wildman–Crippen LogP) is 1.66. The van der Waals surface area contributed by atoms with Crippen molar-refractivity contribution in [2.75, 3.05) is 13.6 Å². The van der Waals surface area contributed by atoms with Crippen molar-refractivity contribution in [3.8, 4) is 0 Å². The highest BCUT2D eigenvalue weighted by Crippen LogP contribution is 2.45. The lowest BCUT2D eigenvalue weighted by Gasteiger charge is -2.33. The van der Waals surface area contributed by atoms with E-state index < -0.39 is 5.72 Å². The number of benzene rings is 1. The van der Waals surface area contributed by atoms with Crippen LogP contribution in [0.5, 0.6) is 0 Å². The number of nitrogens with zero attached hydrogens (tertiary/aromatic N) is 2. The third kappa shape index (κ3) is 2.30. The Kier molecular flexibility index (Phi) is 3.67. The zero-order valence-corrected chi connectivity index (χ0v) is 13.6. The molecule has 23 heavy (non-hydrogen) atoms. The Morgan fingerprint density at radius 1 is 1.17 bits per heavy atom. The highest BCUT2D eigenvalue weighted by Gasteiger charge is 2.62. The molecule has 3 fully saturated rings. The van der Waals surface area contributed by atoms with Gasteiger partial charge in [-0.1, -0.05) is 49.6 Å². The van der Waals surface area contributed by atoms with Crippen molar-refractivity contribution in [3.63, 3.8) is 0 Å². The van der Waals surface area contributed by atoms with Gasteiger partial charge in [0, 0.05) is 19.6 Å². The molecule has 2 heterocycles. The van der Waals surface area contributed by atoms with E-state index >= 15 is 0 Å². The van der Waals surface area contributed by atoms with E-state index in [1.807, 2.05) is 35.2 Å². The normalized spacial score (nSPS) is 35.7. The number of aliphatic hydroxyl groups is 1. The van der Waals surface area contributed by atoms with Crippen LogP contribution in [0, 0.1) is 5.92 Å². The second-order valence-electron chi connectivity index (χ2n) is 7.20. The summed E-state index contributed by atoms with van der Waals surface area (Å²) in [6.07, 6.45) is 5.78. The van der Waals surface area contributed by atoms with Crippen molar-refractivity contribution >= 4 is 5.91 Å². The van der Waals surface area contributed by atoms with E-state index in [0.717, 1.165) is 18.4 Å². The summed E-state index contributed by atoms with van der Waals surface area (Å²) >= 11 is 0. The largest absolute Gasteiger partial charge is 0.366 e. The molecule has 2 saturated heterocycles. The molecule has 0 bridgehead atoms. The topological polar surface area (TPSA) is 55.8 Å². The Morgan fingerprint density at radius 3 is 2.57 bits per heavy atom. The molecule has 1 aliphatic carbocycles. The predicted molar refractivity (Wildman–Crippen MR) is 87.1 cm³/mol. The zero-order valence-electron chi connectivity index (χ0n) is 13.6. The monoisotopic (exact) mass is 315 g/mol. The van der Waals surface area contributed by atoms with Crippen molar-refractivity contribution in [1.29, 1.82) is 0 Å². The van der Waals surface area contributed by atoms with Crippen LogP contribution in [0.2, 0.25) is 0 Å². The van der Waals surface area contributed by atoms with Gasteiger partial charge in [0.1, 0.15) is 0 Å². The van der Waals surface area contributed by atoms with E-state index in [2.05, 4.69) is 17.6 Å². The number of nitrogens with one attached hydrogen (secondary N) is 1. The first-order valence-electron chi connectivity index (χ1n) is 8.70. The fourth-order valence-electron chi connectivity index (χ4n) is 4.69. The van der Waals surface area contributed by atoms with Gasteiger partial charge in [-0.2, -0.15) is 0 Å². The van der Waals surface area contributed by atoms with E-state index in [-0.39, 0.29) is 17.9 Å². The van der Waals surface area contributed by atoms with Crippen LogP contribution < -0.4 is 5.43 Å². The quantitative estimate of drug-likeness (QED) is 0.871. The van der Waals surface area contributed by atoms with Gasteiger partial charge in [-0.25, -0.2) is 10.4 Å². The minimum Gasteiger partial charge on any atom is -0.366 e. The number of likely N-dealkylation sites (tertiary alicyclic amines) is 1. The molecule has 4 rings (SSSR count). The summed E-state index contributed by atoms with van der Waals surface area (Å²) in [4.78, 5) is 14.9. The second-order valence-corrected chi connectivity index (χ2v) is 7.20. The average molecular weight is 315 g/mol. The molecular formula is C18H25N3O2. The van der Waals surface area contributed by atoms with Crippen LogP contribution in [0.15, 0.2) is 30.3 Å². The molecule has 0 unspecified atom stereocenters. The third-order valence-electron chi connectivity index (χ3n) is 5.82. The molecule has 1 aromatic carbocycles. The SMILES string of the molecule is CN1N[C@]2(O)C(=O)N(C3CCCCC3)C[C@@H]2[C@H]1c1ccccc1. The van der Waals surface area contributed by atoms with Gasteiger partial charge < -0.3 is 10.0 Å². The molecule has 0 radical (unpaired) electrons. The minimum absolute atomic E-state index is 0.0127. The number of carbonyl (C=O) groups excluding carboxylic acids is 1. The summed E-state index contributed by atoms with van der Waals surface area (Å²) in [5.41, 5.74) is 2.75. The van der Waals surface area contributed by atoms with Crippen LogP contribution >= 0.6 is 0 Å². The van der Waals surface area contributed by atoms with Gasteiger partial charge in [0.2, 0.25) is 5.72 Å². The highest BCUT2D eigenvalue weighted by atomic mass is 16.3. The molecule has 2 aliphatic heterocycles. The van der Waals surface area contributed by atoms with Crippen molar-refractivity contribution in [1.82, 2.24) is 15.3 Å². The summed E-state index contributed by atoms with van der Waals surface area (Å²) in [6.45, 7) is 0.636. The molecule has 2 N–H and O–H groups in total. The molecule has 124 valence electrons. The lowest BCUT2D eigenvalue weighted by atomic mass is 9.89. The Hall–Kier alpha value is -1.43. The molecule has 1 amide bonds. The van der Waals surface area contributed by atoms with E-state index in [0.29, 0.717) is 12.6 Å². The summed E-state index contributed by atoms with van der Waals surface area (Å²) < 4.78 is 0. The number of fused-ring (bicyclic) bond motifs is 1. The van der Waals surface area contributed by atoms with Gasteiger partial charge >= 0.3 is 0 Å². The summed E-state index contributed by atoms with van der Waals surface area (Å²) in [7, 11) is 1.91. The number of rotatable bonds is 2. The lowest BCUT2D eigenvalue weighted by molar-refractivity contribution is -0.151. The first-order valence-corrected chi connectivity index (χ1v) is 8.70. The van der Waals surface area contributed by atoms with Crippen molar-refractivity contribution in [3.05, 3.63) is 35.9 Å². The second kappa shape index (κ2) is 5.58. The zero-order chi connectivity index (χ0) is 16.0. The molecule has 0 spiro atoms. The van der Waals surface area contributed by atoms with Crippen LogP contribution in [-0.2, 0) is 4.79 Å². The molecule has 3 aliphatic rings. The number of carbonyl (C=O) groups is 1. The van der Waals surface area contributed by atoms with Crippen LogP contribution in [0.3, 0.4) is 0 Å². The van der Waals surface area contributed by atoms with Crippen LogP contribution in [0.25, 0.3) is 0 Å². The molecule has 3 atom stereocenters. The smallest absolute Gasteiger partial charge is 0.271 e. The summed E-state index contributed by atoms with van der Waals surface area (Å²) in [5.74, 6) is -0.274. The van der Waals surface area contributed by atoms with Gasteiger partial charge in [0.15, 0.2) is 0 Å². The van der Waals surface area contributed by atoms with E-state index in [1.165, 1.54) is 19.3 Å². The third-order valence-corrected chi connectivity index (χ3v) is 5.82. The van der Waals surface area contributed by atoms with Gasteiger partial charge in [-0.15, -0.1) is 0 Å². The molecular weight excluding hydrogens is 290 g/mol. The maximum Gasteiger partial charge on any atom is 0.271 e. The van der Waals surface area contributed by atoms with Gasteiger partial charge in [0.25, 0.3) is 5.91 Å². The first-order chi connectivity index (χ1) is 11.1. The van der Waals surface area contributed by atoms with E-state index in [9.17, 15) is 9.90 Å². The van der Waals surface area contributed by atoms with Gasteiger partial charge in [-0.05, 0) is 18.4 Å². The molecule has 5 nitrogen and oxygen atoms in total. The highest BCUT2D eigenvalue weighted by molar-refractivity contribution is 5.88. The first kappa shape index (κ1) is 15.1. The fourth-order valence-corrected chi connectivity index (χ4v) is 4.69. The molecule has 5 heteroatoms. The fraction of sp³-hybridized carbons (Fsp3) is 0.611. The number of amides is 1. The van der Waals surface area contributed by atoms with Gasteiger partial charge in [-0.3, -0.25) is 4.79 Å². The molecule has 0 aromatic heterocycles. The number of hydrazine groups is 1. The maximum absolute atomic E-state index is 12.9. The standard InChI is InChI=1S/C18H25N3O2/c1-20-16(13-8-4-2-5-9-13)15-12-21(14-10-6-3-7-11-14)17(22)18(15,23)19-20/h2,4-5,8-9,14-16,19,23H,3,6-7,10-12H2,1H3/t15-,16-,18-/m1/s1. The van der Waals surface area contributed by atoms with E-state index in [4.69, 9.17) is 0 Å². The van der Waals surface area contributed by atoms with Crippen LogP contribution in [0.1, 0.15) is 43.7 Å². The van der Waals surface area contributed by atoms with E-state index in [1.54, 1.807) is 0 Å². The minimum atomic E-state index is -1.45. The van der Waals surface area contributed by atoms with Crippen molar-refractivity contribution in [2.45, 2.75) is 49.9 Å². The number of hydrogen-bond acceptors (Lipinski definition) is 4. The molecule has 1 saturated carbocycles.